The molecule has 1 N–H and O–H groups in total. The minimum atomic E-state index is -3.61. The number of esters is 1. The van der Waals surface area contributed by atoms with Crippen LogP contribution in [0.5, 0.6) is 0 Å². The average molecular weight is 407 g/mol. The number of amides is 1. The van der Waals surface area contributed by atoms with Gasteiger partial charge in [-0.05, 0) is 42.9 Å². The van der Waals surface area contributed by atoms with Crippen LogP contribution in [0.4, 0.5) is 5.69 Å². The van der Waals surface area contributed by atoms with E-state index in [0.29, 0.717) is 24.7 Å². The summed E-state index contributed by atoms with van der Waals surface area (Å²) in [6.07, 6.45) is 5.97. The maximum Gasteiger partial charge on any atom is 0.310 e. The van der Waals surface area contributed by atoms with Gasteiger partial charge in [0, 0.05) is 18.8 Å². The van der Waals surface area contributed by atoms with E-state index in [9.17, 15) is 18.0 Å². The lowest BCUT2D eigenvalue weighted by molar-refractivity contribution is -0.152. The molecule has 2 bridgehead atoms. The Balaban J connectivity index is 1.57. The van der Waals surface area contributed by atoms with Crippen LogP contribution >= 0.6 is 0 Å². The normalized spacial score (nSPS) is 23.2. The van der Waals surface area contributed by atoms with Crippen molar-refractivity contribution in [3.05, 3.63) is 36.4 Å². The Morgan fingerprint density at radius 2 is 1.93 bits per heavy atom. The molecule has 7 nitrogen and oxygen atoms in total. The van der Waals surface area contributed by atoms with Crippen LogP contribution in [0.15, 0.2) is 41.3 Å². The molecule has 2 aliphatic carbocycles. The van der Waals surface area contributed by atoms with Crippen LogP contribution in [0.25, 0.3) is 0 Å². The Morgan fingerprint density at radius 3 is 2.54 bits per heavy atom. The molecule has 0 aromatic heterocycles. The van der Waals surface area contributed by atoms with E-state index < -0.39 is 15.9 Å². The third-order valence-corrected chi connectivity index (χ3v) is 7.43. The number of ether oxygens (including phenoxy) is 1. The molecule has 0 saturated heterocycles. The van der Waals surface area contributed by atoms with Crippen molar-refractivity contribution in [2.75, 3.05) is 25.0 Å². The van der Waals surface area contributed by atoms with Crippen molar-refractivity contribution in [2.45, 2.75) is 31.6 Å². The minimum Gasteiger partial charge on any atom is -0.455 e. The van der Waals surface area contributed by atoms with Gasteiger partial charge < -0.3 is 10.1 Å². The highest BCUT2D eigenvalue weighted by molar-refractivity contribution is 7.89. The largest absolute Gasteiger partial charge is 0.455 e. The zero-order valence-corrected chi connectivity index (χ0v) is 16.9. The monoisotopic (exact) mass is 406 g/mol. The summed E-state index contributed by atoms with van der Waals surface area (Å²) in [6, 6.07) is 6.07. The maximum absolute atomic E-state index is 12.6. The Kier molecular flexibility index (Phi) is 6.20. The van der Waals surface area contributed by atoms with Crippen LogP contribution in [0.1, 0.15) is 26.7 Å². The Labute approximate surface area is 165 Å². The fourth-order valence-electron chi connectivity index (χ4n) is 3.94. The molecular formula is C20H26N2O5S. The summed E-state index contributed by atoms with van der Waals surface area (Å²) in [5.41, 5.74) is 0.345. The predicted molar refractivity (Wildman–Crippen MR) is 105 cm³/mol. The number of sulfonamides is 1. The van der Waals surface area contributed by atoms with Gasteiger partial charge in [-0.15, -0.1) is 0 Å². The SMILES string of the molecule is CCN(CC)S(=O)(=O)c1cccc(NC(=O)COC(=O)[C@H]2C[C@@H]3C=C[C@H]2C3)c1. The van der Waals surface area contributed by atoms with Gasteiger partial charge in [-0.3, -0.25) is 9.59 Å². The molecule has 1 aromatic rings. The van der Waals surface area contributed by atoms with Crippen molar-refractivity contribution in [1.29, 1.82) is 0 Å². The fourth-order valence-corrected chi connectivity index (χ4v) is 5.44. The third-order valence-electron chi connectivity index (χ3n) is 5.39. The molecule has 1 saturated carbocycles. The van der Waals surface area contributed by atoms with Gasteiger partial charge in [0.25, 0.3) is 5.91 Å². The average Bonchev–Trinajstić information content (AvgIpc) is 3.30. The zero-order valence-electron chi connectivity index (χ0n) is 16.1. The lowest BCUT2D eigenvalue weighted by Crippen LogP contribution is -2.30. The highest BCUT2D eigenvalue weighted by atomic mass is 32.2. The Bertz CT molecular complexity index is 876. The van der Waals surface area contributed by atoms with Crippen LogP contribution in [0.2, 0.25) is 0 Å². The molecule has 8 heteroatoms. The number of carbonyl (C=O) groups is 2. The molecular weight excluding hydrogens is 380 g/mol. The standard InChI is InChI=1S/C20H26N2O5S/c1-3-22(4-2)28(25,26)17-7-5-6-16(12-17)21-19(23)13-27-20(24)18-11-14-8-9-15(18)10-14/h5-9,12,14-15,18H,3-4,10-11,13H2,1-2H3,(H,21,23)/t14-,15+,18+/m1/s1. The van der Waals surface area contributed by atoms with Crippen LogP contribution in [-0.4, -0.2) is 44.3 Å². The molecule has 2 aliphatic rings. The van der Waals surface area contributed by atoms with Gasteiger partial charge in [0.05, 0.1) is 10.8 Å². The molecule has 0 aliphatic heterocycles. The molecule has 0 spiro atoms. The van der Waals surface area contributed by atoms with Crippen LogP contribution in [-0.2, 0) is 24.3 Å². The first-order chi connectivity index (χ1) is 13.3. The highest BCUT2D eigenvalue weighted by Gasteiger charge is 2.40. The number of hydrogen-bond donors (Lipinski definition) is 1. The van der Waals surface area contributed by atoms with E-state index in [-0.39, 0.29) is 29.3 Å². The van der Waals surface area contributed by atoms with Crippen molar-refractivity contribution in [3.8, 4) is 0 Å². The Morgan fingerprint density at radius 1 is 1.18 bits per heavy atom. The van der Waals surface area contributed by atoms with E-state index in [1.807, 2.05) is 0 Å². The van der Waals surface area contributed by atoms with Gasteiger partial charge in [0.2, 0.25) is 10.0 Å². The van der Waals surface area contributed by atoms with E-state index in [1.54, 1.807) is 26.0 Å². The number of rotatable bonds is 8. The van der Waals surface area contributed by atoms with Gasteiger partial charge in [0.15, 0.2) is 6.61 Å². The highest BCUT2D eigenvalue weighted by Crippen LogP contribution is 2.43. The minimum absolute atomic E-state index is 0.111. The molecule has 1 amide bonds. The van der Waals surface area contributed by atoms with Crippen molar-refractivity contribution >= 4 is 27.6 Å². The number of carbonyl (C=O) groups excluding carboxylic acids is 2. The second-order valence-electron chi connectivity index (χ2n) is 7.16. The number of hydrogen-bond acceptors (Lipinski definition) is 5. The van der Waals surface area contributed by atoms with E-state index in [1.165, 1.54) is 16.4 Å². The molecule has 3 rings (SSSR count). The third kappa shape index (κ3) is 4.28. The summed E-state index contributed by atoms with van der Waals surface area (Å²) in [5.74, 6) is -0.325. The van der Waals surface area contributed by atoms with Gasteiger partial charge >= 0.3 is 5.97 Å². The van der Waals surface area contributed by atoms with E-state index in [4.69, 9.17) is 4.74 Å². The van der Waals surface area contributed by atoms with Gasteiger partial charge in [-0.1, -0.05) is 32.1 Å². The zero-order chi connectivity index (χ0) is 20.3. The molecule has 0 radical (unpaired) electrons. The second-order valence-corrected chi connectivity index (χ2v) is 9.10. The number of nitrogens with zero attached hydrogens (tertiary/aromatic N) is 1. The van der Waals surface area contributed by atoms with Gasteiger partial charge in [-0.25, -0.2) is 8.42 Å². The summed E-state index contributed by atoms with van der Waals surface area (Å²) >= 11 is 0. The number of fused-ring (bicyclic) bond motifs is 2. The van der Waals surface area contributed by atoms with Crippen LogP contribution < -0.4 is 5.32 Å². The summed E-state index contributed by atoms with van der Waals surface area (Å²) < 4.78 is 31.7. The molecule has 3 atom stereocenters. The summed E-state index contributed by atoms with van der Waals surface area (Å²) in [7, 11) is -3.61. The number of anilines is 1. The Hall–Kier alpha value is -2.19. The van der Waals surface area contributed by atoms with Gasteiger partial charge in [0.1, 0.15) is 0 Å². The summed E-state index contributed by atoms with van der Waals surface area (Å²) in [4.78, 5) is 24.4. The molecule has 1 fully saturated rings. The van der Waals surface area contributed by atoms with Crippen LogP contribution in [0, 0.1) is 17.8 Å². The summed E-state index contributed by atoms with van der Waals surface area (Å²) in [6.45, 7) is 3.89. The lowest BCUT2D eigenvalue weighted by Gasteiger charge is -2.19. The van der Waals surface area contributed by atoms with Crippen molar-refractivity contribution < 1.29 is 22.7 Å². The van der Waals surface area contributed by atoms with E-state index in [2.05, 4.69) is 17.5 Å². The number of nitrogens with one attached hydrogen (secondary N) is 1. The molecule has 0 heterocycles. The second kappa shape index (κ2) is 8.45. The molecule has 152 valence electrons. The van der Waals surface area contributed by atoms with Crippen molar-refractivity contribution in [1.82, 2.24) is 4.31 Å². The topological polar surface area (TPSA) is 92.8 Å². The molecule has 1 aromatic carbocycles. The first kappa shape index (κ1) is 20.5. The molecule has 28 heavy (non-hydrogen) atoms. The quantitative estimate of drug-likeness (QED) is 0.529. The van der Waals surface area contributed by atoms with E-state index >= 15 is 0 Å². The van der Waals surface area contributed by atoms with Crippen molar-refractivity contribution in [2.24, 2.45) is 17.8 Å². The predicted octanol–water partition coefficient (Wildman–Crippen LogP) is 2.41. The molecule has 0 unspecified atom stereocenters. The summed E-state index contributed by atoms with van der Waals surface area (Å²) in [5, 5.41) is 2.60. The van der Waals surface area contributed by atoms with Crippen LogP contribution in [0.3, 0.4) is 0 Å². The first-order valence-corrected chi connectivity index (χ1v) is 11.0. The maximum atomic E-state index is 12.6. The number of allylic oxidation sites excluding steroid dienone is 2. The number of benzene rings is 1. The fraction of sp³-hybridized carbons (Fsp3) is 0.500. The first-order valence-electron chi connectivity index (χ1n) is 9.60. The van der Waals surface area contributed by atoms with Crippen molar-refractivity contribution in [3.63, 3.8) is 0 Å². The lowest BCUT2D eigenvalue weighted by atomic mass is 9.94. The van der Waals surface area contributed by atoms with Gasteiger partial charge in [-0.2, -0.15) is 4.31 Å². The van der Waals surface area contributed by atoms with E-state index in [0.717, 1.165) is 12.8 Å². The smallest absolute Gasteiger partial charge is 0.310 e.